The van der Waals surface area contributed by atoms with Gasteiger partial charge in [0.1, 0.15) is 5.82 Å². The molecule has 4 heteroatoms. The zero-order chi connectivity index (χ0) is 10.7. The predicted molar refractivity (Wildman–Crippen MR) is 55.4 cm³/mol. The lowest BCUT2D eigenvalue weighted by Gasteiger charge is -2.03. The minimum atomic E-state index is 0.492. The average molecular weight is 199 g/mol. The third kappa shape index (κ3) is 1.88. The van der Waals surface area contributed by atoms with Crippen LogP contribution >= 0.6 is 0 Å². The zero-order valence-electron chi connectivity index (χ0n) is 8.21. The van der Waals surface area contributed by atoms with Crippen molar-refractivity contribution in [2.75, 3.05) is 0 Å². The first kappa shape index (κ1) is 9.45. The summed E-state index contributed by atoms with van der Waals surface area (Å²) < 4.78 is 0. The van der Waals surface area contributed by atoms with E-state index in [0.717, 1.165) is 11.8 Å². The SMILES string of the molecule is Cc1ncc(C=O)c(-c2ccncc2)n1. The molecule has 0 aliphatic heterocycles. The third-order valence-electron chi connectivity index (χ3n) is 2.02. The molecule has 2 heterocycles. The summed E-state index contributed by atoms with van der Waals surface area (Å²) in [5.74, 6) is 0.646. The van der Waals surface area contributed by atoms with Gasteiger partial charge >= 0.3 is 0 Å². The molecule has 0 N–H and O–H groups in total. The van der Waals surface area contributed by atoms with Gasteiger partial charge in [0.25, 0.3) is 0 Å². The van der Waals surface area contributed by atoms with Crippen LogP contribution in [0.25, 0.3) is 11.3 Å². The average Bonchev–Trinajstić information content (AvgIpc) is 2.30. The van der Waals surface area contributed by atoms with Crippen LogP contribution in [0.3, 0.4) is 0 Å². The van der Waals surface area contributed by atoms with Gasteiger partial charge in [-0.2, -0.15) is 0 Å². The van der Waals surface area contributed by atoms with Crippen molar-refractivity contribution in [3.63, 3.8) is 0 Å². The van der Waals surface area contributed by atoms with E-state index >= 15 is 0 Å². The van der Waals surface area contributed by atoms with Crippen LogP contribution in [0.4, 0.5) is 0 Å². The van der Waals surface area contributed by atoms with Gasteiger partial charge in [0, 0.05) is 24.2 Å². The molecule has 0 unspecified atom stereocenters. The Morgan fingerprint density at radius 2 is 2.00 bits per heavy atom. The Balaban J connectivity index is 2.61. The van der Waals surface area contributed by atoms with Crippen molar-refractivity contribution in [1.29, 1.82) is 0 Å². The summed E-state index contributed by atoms with van der Waals surface area (Å²) in [5.41, 5.74) is 2.02. The zero-order valence-corrected chi connectivity index (χ0v) is 8.21. The summed E-state index contributed by atoms with van der Waals surface area (Å²) in [6.45, 7) is 1.79. The van der Waals surface area contributed by atoms with Gasteiger partial charge in [0.2, 0.25) is 0 Å². The Morgan fingerprint density at radius 3 is 2.67 bits per heavy atom. The number of aromatic nitrogens is 3. The highest BCUT2D eigenvalue weighted by atomic mass is 16.1. The van der Waals surface area contributed by atoms with E-state index in [9.17, 15) is 4.79 Å². The lowest BCUT2D eigenvalue weighted by atomic mass is 10.1. The molecule has 0 aliphatic rings. The van der Waals surface area contributed by atoms with E-state index in [1.54, 1.807) is 19.3 Å². The lowest BCUT2D eigenvalue weighted by molar-refractivity contribution is 0.112. The summed E-state index contributed by atoms with van der Waals surface area (Å²) in [5, 5.41) is 0. The Bertz CT molecular complexity index is 482. The van der Waals surface area contributed by atoms with Crippen LogP contribution in [-0.4, -0.2) is 21.2 Å². The Hall–Kier alpha value is -2.10. The number of nitrogens with zero attached hydrogens (tertiary/aromatic N) is 3. The normalized spacial score (nSPS) is 9.93. The van der Waals surface area contributed by atoms with E-state index in [4.69, 9.17) is 0 Å². The summed E-state index contributed by atoms with van der Waals surface area (Å²) >= 11 is 0. The predicted octanol–water partition coefficient (Wildman–Crippen LogP) is 1.66. The van der Waals surface area contributed by atoms with Gasteiger partial charge < -0.3 is 0 Å². The monoisotopic (exact) mass is 199 g/mol. The van der Waals surface area contributed by atoms with E-state index in [0.29, 0.717) is 17.1 Å². The van der Waals surface area contributed by atoms with Crippen molar-refractivity contribution in [3.8, 4) is 11.3 Å². The first-order valence-corrected chi connectivity index (χ1v) is 4.50. The molecule has 0 aliphatic carbocycles. The fraction of sp³-hybridized carbons (Fsp3) is 0.0909. The minimum absolute atomic E-state index is 0.492. The number of rotatable bonds is 2. The van der Waals surface area contributed by atoms with E-state index in [2.05, 4.69) is 15.0 Å². The van der Waals surface area contributed by atoms with Crippen LogP contribution in [0.1, 0.15) is 16.2 Å². The van der Waals surface area contributed by atoms with Gasteiger partial charge in [-0.1, -0.05) is 0 Å². The summed E-state index contributed by atoms with van der Waals surface area (Å²) in [6, 6.07) is 3.63. The number of carbonyl (C=O) groups excluding carboxylic acids is 1. The summed E-state index contributed by atoms with van der Waals surface area (Å²) in [7, 11) is 0. The number of hydrogen-bond donors (Lipinski definition) is 0. The van der Waals surface area contributed by atoms with Crippen LogP contribution in [-0.2, 0) is 0 Å². The smallest absolute Gasteiger partial charge is 0.153 e. The van der Waals surface area contributed by atoms with E-state index in [1.807, 2.05) is 12.1 Å². The van der Waals surface area contributed by atoms with Crippen molar-refractivity contribution >= 4 is 6.29 Å². The van der Waals surface area contributed by atoms with Crippen molar-refractivity contribution in [2.45, 2.75) is 6.92 Å². The van der Waals surface area contributed by atoms with E-state index < -0.39 is 0 Å². The summed E-state index contributed by atoms with van der Waals surface area (Å²) in [6.07, 6.45) is 5.63. The molecule has 0 saturated heterocycles. The fourth-order valence-electron chi connectivity index (χ4n) is 1.31. The molecule has 4 nitrogen and oxygen atoms in total. The topological polar surface area (TPSA) is 55.7 Å². The number of aryl methyl sites for hydroxylation is 1. The van der Waals surface area contributed by atoms with Crippen LogP contribution in [0.15, 0.2) is 30.7 Å². The molecule has 0 amide bonds. The quantitative estimate of drug-likeness (QED) is 0.690. The number of pyridine rings is 1. The van der Waals surface area contributed by atoms with Gasteiger partial charge in [-0.15, -0.1) is 0 Å². The molecule has 0 atom stereocenters. The van der Waals surface area contributed by atoms with Crippen LogP contribution < -0.4 is 0 Å². The third-order valence-corrected chi connectivity index (χ3v) is 2.02. The molecule has 15 heavy (non-hydrogen) atoms. The maximum Gasteiger partial charge on any atom is 0.153 e. The second-order valence-corrected chi connectivity index (χ2v) is 3.07. The van der Waals surface area contributed by atoms with E-state index in [1.165, 1.54) is 6.20 Å². The molecular weight excluding hydrogens is 190 g/mol. The van der Waals surface area contributed by atoms with Gasteiger partial charge in [-0.25, -0.2) is 9.97 Å². The molecule has 0 bridgehead atoms. The van der Waals surface area contributed by atoms with Gasteiger partial charge in [0.15, 0.2) is 6.29 Å². The van der Waals surface area contributed by atoms with Crippen LogP contribution in [0.2, 0.25) is 0 Å². The van der Waals surface area contributed by atoms with Crippen molar-refractivity contribution < 1.29 is 4.79 Å². The standard InChI is InChI=1S/C11H9N3O/c1-8-13-6-10(7-15)11(14-8)9-2-4-12-5-3-9/h2-7H,1H3. The molecule has 74 valence electrons. The molecule has 0 fully saturated rings. The molecule has 2 aromatic rings. The first-order chi connectivity index (χ1) is 7.31. The second-order valence-electron chi connectivity index (χ2n) is 3.07. The Labute approximate surface area is 87.0 Å². The first-order valence-electron chi connectivity index (χ1n) is 4.50. The molecule has 0 aromatic carbocycles. The van der Waals surface area contributed by atoms with Crippen molar-refractivity contribution in [1.82, 2.24) is 15.0 Å². The van der Waals surface area contributed by atoms with Crippen molar-refractivity contribution in [3.05, 3.63) is 42.1 Å². The van der Waals surface area contributed by atoms with E-state index in [-0.39, 0.29) is 0 Å². The number of aldehydes is 1. The number of hydrogen-bond acceptors (Lipinski definition) is 4. The molecule has 2 rings (SSSR count). The minimum Gasteiger partial charge on any atom is -0.298 e. The molecule has 0 spiro atoms. The lowest BCUT2D eigenvalue weighted by Crippen LogP contribution is -1.96. The maximum atomic E-state index is 10.8. The molecule has 0 saturated carbocycles. The van der Waals surface area contributed by atoms with Gasteiger partial charge in [-0.3, -0.25) is 9.78 Å². The highest BCUT2D eigenvalue weighted by Gasteiger charge is 2.06. The van der Waals surface area contributed by atoms with Crippen LogP contribution in [0, 0.1) is 6.92 Å². The maximum absolute atomic E-state index is 10.8. The largest absolute Gasteiger partial charge is 0.298 e. The Kier molecular flexibility index (Phi) is 2.49. The summed E-state index contributed by atoms with van der Waals surface area (Å²) in [4.78, 5) is 23.0. The van der Waals surface area contributed by atoms with Crippen molar-refractivity contribution in [2.24, 2.45) is 0 Å². The number of carbonyl (C=O) groups is 1. The highest BCUT2D eigenvalue weighted by molar-refractivity contribution is 5.84. The van der Waals surface area contributed by atoms with Gasteiger partial charge in [-0.05, 0) is 19.1 Å². The second kappa shape index (κ2) is 3.96. The molecule has 0 radical (unpaired) electrons. The molecule has 2 aromatic heterocycles. The molecular formula is C11H9N3O. The van der Waals surface area contributed by atoms with Crippen LogP contribution in [0.5, 0.6) is 0 Å². The fourth-order valence-corrected chi connectivity index (χ4v) is 1.31. The highest BCUT2D eigenvalue weighted by Crippen LogP contribution is 2.18. The Morgan fingerprint density at radius 1 is 1.27 bits per heavy atom. The van der Waals surface area contributed by atoms with Gasteiger partial charge in [0.05, 0.1) is 11.3 Å².